The number of rotatable bonds is 10. The molecule has 4 rings (SSSR count). The molecule has 3 aromatic rings. The second-order valence-corrected chi connectivity index (χ2v) is 12.1. The Morgan fingerprint density at radius 3 is 2.18 bits per heavy atom. The molecular weight excluding hydrogens is 628 g/mol. The number of sulfonamides is 1. The molecule has 14 heteroatoms. The van der Waals surface area contributed by atoms with E-state index in [1.54, 1.807) is 31.2 Å². The quantitative estimate of drug-likeness (QED) is 0.257. The van der Waals surface area contributed by atoms with E-state index in [4.69, 9.17) is 10.5 Å². The van der Waals surface area contributed by atoms with E-state index in [9.17, 15) is 26.8 Å². The first kappa shape index (κ1) is 35.1. The number of ether oxygens (including phenoxy) is 1. The van der Waals surface area contributed by atoms with Gasteiger partial charge in [-0.05, 0) is 67.8 Å². The number of hydrogen-bond donors (Lipinski definition) is 3. The summed E-state index contributed by atoms with van der Waals surface area (Å²) in [6.45, 7) is 3.88. The van der Waals surface area contributed by atoms with E-state index in [1.165, 1.54) is 4.90 Å². The average molecular weight is 662 g/mol. The third-order valence-corrected chi connectivity index (χ3v) is 7.58. The molecule has 10 nitrogen and oxygen atoms in total. The van der Waals surface area contributed by atoms with Gasteiger partial charge < -0.3 is 20.7 Å². The summed E-state index contributed by atoms with van der Waals surface area (Å²) in [5.41, 5.74) is 5.82. The molecule has 1 aliphatic rings. The van der Waals surface area contributed by atoms with Gasteiger partial charge in [-0.1, -0.05) is 18.1 Å². The third kappa shape index (κ3) is 10.1. The van der Waals surface area contributed by atoms with Gasteiger partial charge >= 0.3 is 6.03 Å². The highest BCUT2D eigenvalue weighted by Gasteiger charge is 2.28. The molecule has 3 aromatic carbocycles. The molecule has 0 unspecified atom stereocenters. The van der Waals surface area contributed by atoms with Crippen LogP contribution in [0.3, 0.4) is 0 Å². The fourth-order valence-electron chi connectivity index (χ4n) is 4.80. The number of halogens is 3. The van der Waals surface area contributed by atoms with Crippen LogP contribution in [0.4, 0.5) is 25.0 Å². The summed E-state index contributed by atoms with van der Waals surface area (Å²) in [5, 5.41) is 2.44. The van der Waals surface area contributed by atoms with Gasteiger partial charge in [-0.3, -0.25) is 14.4 Å². The topological polar surface area (TPSA) is 134 Å². The Bertz CT molecular complexity index is 1670. The van der Waals surface area contributed by atoms with E-state index >= 15 is 0 Å². The molecule has 0 aromatic heterocycles. The third-order valence-electron chi connectivity index (χ3n) is 6.97. The monoisotopic (exact) mass is 661 g/mol. The van der Waals surface area contributed by atoms with Crippen LogP contribution in [0.15, 0.2) is 60.7 Å². The van der Waals surface area contributed by atoms with Crippen molar-refractivity contribution in [3.8, 4) is 23.3 Å². The second kappa shape index (κ2) is 15.6. The predicted molar refractivity (Wildman–Crippen MR) is 171 cm³/mol. The van der Waals surface area contributed by atoms with Gasteiger partial charge in [0.2, 0.25) is 10.0 Å². The van der Waals surface area contributed by atoms with Gasteiger partial charge in [-0.2, -0.15) is 0 Å². The van der Waals surface area contributed by atoms with Gasteiger partial charge in [0.05, 0.1) is 24.1 Å². The number of carbonyl (C=O) groups is 2. The summed E-state index contributed by atoms with van der Waals surface area (Å²) in [7, 11) is -3.36. The highest BCUT2D eigenvalue weighted by atomic mass is 35.5. The van der Waals surface area contributed by atoms with Crippen LogP contribution in [-0.4, -0.2) is 62.1 Å². The van der Waals surface area contributed by atoms with Crippen LogP contribution in [0, 0.1) is 23.5 Å². The average Bonchev–Trinajstić information content (AvgIpc) is 2.96. The fourth-order valence-corrected chi connectivity index (χ4v) is 5.37. The Balaban J connectivity index is 0.00000552. The van der Waals surface area contributed by atoms with Crippen LogP contribution in [0.2, 0.25) is 0 Å². The van der Waals surface area contributed by atoms with Crippen molar-refractivity contribution in [1.82, 2.24) is 9.80 Å². The van der Waals surface area contributed by atoms with Crippen molar-refractivity contribution < 1.29 is 31.5 Å². The minimum Gasteiger partial charge on any atom is -0.457 e. The molecule has 1 saturated heterocycles. The number of anilines is 2. The lowest BCUT2D eigenvalue weighted by atomic mass is 10.0. The minimum absolute atomic E-state index is 0. The van der Waals surface area contributed by atoms with Crippen molar-refractivity contribution >= 4 is 45.7 Å². The SMILES string of the molecule is CC#CCN(C(=O)Nc1cc(C(N)=O)c(F)cc1F)C1CCN(Cc2ccc(Oc3ccc(NS(C)(=O)=O)cc3)cc2)CC1.Cl. The van der Waals surface area contributed by atoms with Crippen molar-refractivity contribution in [3.05, 3.63) is 83.4 Å². The summed E-state index contributed by atoms with van der Waals surface area (Å²) in [5.74, 6) is 3.66. The molecule has 0 saturated carbocycles. The Kier molecular flexibility index (Phi) is 12.1. The van der Waals surface area contributed by atoms with Crippen LogP contribution < -0.4 is 20.5 Å². The van der Waals surface area contributed by atoms with Gasteiger partial charge in [-0.25, -0.2) is 22.0 Å². The Labute approximate surface area is 267 Å². The van der Waals surface area contributed by atoms with Crippen LogP contribution in [0.25, 0.3) is 0 Å². The van der Waals surface area contributed by atoms with Crippen LogP contribution >= 0.6 is 12.4 Å². The van der Waals surface area contributed by atoms with E-state index in [0.717, 1.165) is 17.9 Å². The zero-order chi connectivity index (χ0) is 31.9. The number of piperidine rings is 1. The van der Waals surface area contributed by atoms with E-state index in [1.807, 2.05) is 24.3 Å². The maximum Gasteiger partial charge on any atom is 0.322 e. The van der Waals surface area contributed by atoms with Crippen molar-refractivity contribution in [2.24, 2.45) is 5.73 Å². The molecule has 45 heavy (non-hydrogen) atoms. The number of amides is 3. The van der Waals surface area contributed by atoms with Crippen LogP contribution in [0.1, 0.15) is 35.7 Å². The molecular formula is C31H34ClF2N5O5S. The number of carbonyl (C=O) groups excluding carboxylic acids is 2. The van der Waals surface area contributed by atoms with E-state index < -0.39 is 39.2 Å². The number of primary amides is 1. The van der Waals surface area contributed by atoms with Gasteiger partial charge in [-0.15, -0.1) is 18.3 Å². The van der Waals surface area contributed by atoms with Gasteiger partial charge in [0.25, 0.3) is 5.91 Å². The summed E-state index contributed by atoms with van der Waals surface area (Å²) in [6.07, 6.45) is 2.40. The number of benzene rings is 3. The first-order valence-electron chi connectivity index (χ1n) is 13.7. The molecule has 0 bridgehead atoms. The van der Waals surface area contributed by atoms with Gasteiger partial charge in [0, 0.05) is 37.4 Å². The Morgan fingerprint density at radius 2 is 1.62 bits per heavy atom. The summed E-state index contributed by atoms with van der Waals surface area (Å²) < 4.78 is 59.3. The number of nitrogens with zero attached hydrogens (tertiary/aromatic N) is 2. The molecule has 1 heterocycles. The molecule has 0 radical (unpaired) electrons. The first-order chi connectivity index (χ1) is 20.9. The molecule has 4 N–H and O–H groups in total. The van der Waals surface area contributed by atoms with Crippen LogP contribution in [0.5, 0.6) is 11.5 Å². The summed E-state index contributed by atoms with van der Waals surface area (Å²) in [4.78, 5) is 28.4. The molecule has 0 aliphatic carbocycles. The number of urea groups is 1. The largest absolute Gasteiger partial charge is 0.457 e. The second-order valence-electron chi connectivity index (χ2n) is 10.3. The molecule has 1 aliphatic heterocycles. The lowest BCUT2D eigenvalue weighted by Gasteiger charge is -2.37. The number of nitrogens with two attached hydrogens (primary N) is 1. The Morgan fingerprint density at radius 1 is 1.02 bits per heavy atom. The highest BCUT2D eigenvalue weighted by molar-refractivity contribution is 7.92. The zero-order valence-electron chi connectivity index (χ0n) is 24.7. The standard InChI is InChI=1S/C31H33F2N5O5S.ClH/c1-3-4-15-38(31(40)35-29-18-26(30(34)39)27(32)19-28(29)33)23-13-16-37(17-14-23)20-21-5-9-24(10-6-21)43-25-11-7-22(8-12-25)36-44(2,41)42;/h5-12,18-19,23,36H,13-17,20H2,1-2H3,(H2,34,39)(H,35,40);1H. The minimum atomic E-state index is -3.36. The van der Waals surface area contributed by atoms with Crippen molar-refractivity contribution in [2.75, 3.05) is 35.9 Å². The smallest absolute Gasteiger partial charge is 0.322 e. The van der Waals surface area contributed by atoms with E-state index in [-0.39, 0.29) is 30.7 Å². The van der Waals surface area contributed by atoms with Crippen molar-refractivity contribution in [1.29, 1.82) is 0 Å². The van der Waals surface area contributed by atoms with Crippen molar-refractivity contribution in [2.45, 2.75) is 32.4 Å². The van der Waals surface area contributed by atoms with E-state index in [2.05, 4.69) is 26.8 Å². The summed E-state index contributed by atoms with van der Waals surface area (Å²) in [6, 6.07) is 14.9. The molecule has 240 valence electrons. The van der Waals surface area contributed by atoms with E-state index in [0.29, 0.717) is 55.7 Å². The van der Waals surface area contributed by atoms with Gasteiger partial charge in [0.1, 0.15) is 23.1 Å². The van der Waals surface area contributed by atoms with Crippen LogP contribution in [-0.2, 0) is 16.6 Å². The Hall–Kier alpha value is -4.38. The lowest BCUT2D eigenvalue weighted by molar-refractivity contribution is 0.0996. The normalized spacial score (nSPS) is 13.5. The maximum atomic E-state index is 14.4. The number of hydrogen-bond acceptors (Lipinski definition) is 6. The summed E-state index contributed by atoms with van der Waals surface area (Å²) >= 11 is 0. The molecule has 0 spiro atoms. The van der Waals surface area contributed by atoms with Gasteiger partial charge in [0.15, 0.2) is 0 Å². The maximum absolute atomic E-state index is 14.4. The fraction of sp³-hybridized carbons (Fsp3) is 0.290. The predicted octanol–water partition coefficient (Wildman–Crippen LogP) is 5.17. The molecule has 0 atom stereocenters. The molecule has 1 fully saturated rings. The van der Waals surface area contributed by atoms with Crippen molar-refractivity contribution in [3.63, 3.8) is 0 Å². The number of likely N-dealkylation sites (tertiary alicyclic amines) is 1. The zero-order valence-corrected chi connectivity index (χ0v) is 26.3. The molecule has 3 amide bonds. The highest BCUT2D eigenvalue weighted by Crippen LogP contribution is 2.26. The number of nitrogens with one attached hydrogen (secondary N) is 2. The lowest BCUT2D eigenvalue weighted by Crippen LogP contribution is -2.49. The first-order valence-corrected chi connectivity index (χ1v) is 15.6.